The van der Waals surface area contributed by atoms with Crippen molar-refractivity contribution < 1.29 is 4.79 Å². The third-order valence-corrected chi connectivity index (χ3v) is 7.45. The number of hydrogen-bond acceptors (Lipinski definition) is 5. The van der Waals surface area contributed by atoms with Gasteiger partial charge < -0.3 is 10.6 Å². The molecule has 2 fully saturated rings. The first-order chi connectivity index (χ1) is 14.2. The fourth-order valence-electron chi connectivity index (χ4n) is 4.74. The maximum Gasteiger partial charge on any atom is 0.315 e. The minimum atomic E-state index is -0.0344. The Kier molecular flexibility index (Phi) is 7.13. The van der Waals surface area contributed by atoms with E-state index >= 15 is 0 Å². The molecule has 1 aromatic heterocycles. The molecule has 0 spiro atoms. The van der Waals surface area contributed by atoms with E-state index in [0.29, 0.717) is 25.2 Å². The minimum Gasteiger partial charge on any atom is -0.337 e. The highest BCUT2D eigenvalue weighted by Gasteiger charge is 2.24. The van der Waals surface area contributed by atoms with Gasteiger partial charge in [-0.1, -0.05) is 19.3 Å². The molecule has 1 saturated carbocycles. The lowest BCUT2D eigenvalue weighted by molar-refractivity contribution is 0.138. The van der Waals surface area contributed by atoms with Crippen LogP contribution < -0.4 is 16.2 Å². The lowest BCUT2D eigenvalue weighted by Crippen LogP contribution is -2.50. The maximum atomic E-state index is 12.4. The van der Waals surface area contributed by atoms with Crippen LogP contribution in [0.4, 0.5) is 4.79 Å². The predicted octanol–water partition coefficient (Wildman–Crippen LogP) is 2.13. The largest absolute Gasteiger partial charge is 0.337 e. The number of rotatable bonds is 6. The number of hydrogen-bond donors (Lipinski definition) is 2. The van der Waals surface area contributed by atoms with Crippen LogP contribution in [0.3, 0.4) is 0 Å². The molecule has 1 aliphatic carbocycles. The standard InChI is InChI=1S/C21H33N5O2S/c27-20-13-16-15-29-12-8-19(16)24-26(20)11-10-25-9-4-3-7-18(25)14-22-21(28)23-17-5-1-2-6-17/h13,17-18H,1-12,14-15H2,(H2,22,23,28). The topological polar surface area (TPSA) is 79.3 Å². The molecule has 29 heavy (non-hydrogen) atoms. The lowest BCUT2D eigenvalue weighted by atomic mass is 10.0. The van der Waals surface area contributed by atoms with Crippen molar-refractivity contribution in [3.63, 3.8) is 0 Å². The molecular weight excluding hydrogens is 386 g/mol. The van der Waals surface area contributed by atoms with Gasteiger partial charge in [0.25, 0.3) is 5.56 Å². The number of aromatic nitrogens is 2. The summed E-state index contributed by atoms with van der Waals surface area (Å²) in [7, 11) is 0. The van der Waals surface area contributed by atoms with Gasteiger partial charge in [0, 0.05) is 43.4 Å². The van der Waals surface area contributed by atoms with Crippen LogP contribution in [0.5, 0.6) is 0 Å². The van der Waals surface area contributed by atoms with Crippen LogP contribution in [0.25, 0.3) is 0 Å². The molecule has 8 heteroatoms. The van der Waals surface area contributed by atoms with E-state index in [1.54, 1.807) is 10.7 Å². The molecule has 0 bridgehead atoms. The summed E-state index contributed by atoms with van der Waals surface area (Å²) >= 11 is 1.87. The Hall–Kier alpha value is -1.54. The van der Waals surface area contributed by atoms with E-state index in [9.17, 15) is 9.59 Å². The van der Waals surface area contributed by atoms with Crippen molar-refractivity contribution in [2.75, 3.05) is 25.4 Å². The molecule has 1 atom stereocenters. The highest BCUT2D eigenvalue weighted by atomic mass is 32.2. The summed E-state index contributed by atoms with van der Waals surface area (Å²) < 4.78 is 1.64. The van der Waals surface area contributed by atoms with Crippen LogP contribution in [0, 0.1) is 0 Å². The van der Waals surface area contributed by atoms with Crippen molar-refractivity contribution in [3.8, 4) is 0 Å². The summed E-state index contributed by atoms with van der Waals surface area (Å²) in [5.74, 6) is 1.99. The average Bonchev–Trinajstić information content (AvgIpc) is 3.24. The summed E-state index contributed by atoms with van der Waals surface area (Å²) in [4.78, 5) is 27.1. The predicted molar refractivity (Wildman–Crippen MR) is 116 cm³/mol. The Morgan fingerprint density at radius 1 is 1.17 bits per heavy atom. The molecule has 160 valence electrons. The molecule has 3 aliphatic rings. The second kappa shape index (κ2) is 9.98. The molecule has 1 saturated heterocycles. The van der Waals surface area contributed by atoms with Gasteiger partial charge in [-0.05, 0) is 43.5 Å². The number of carbonyl (C=O) groups is 1. The van der Waals surface area contributed by atoms with E-state index in [4.69, 9.17) is 0 Å². The highest BCUT2D eigenvalue weighted by Crippen LogP contribution is 2.21. The maximum absolute atomic E-state index is 12.4. The quantitative estimate of drug-likeness (QED) is 0.738. The molecular formula is C21H33N5O2S. The first-order valence-electron chi connectivity index (χ1n) is 11.1. The van der Waals surface area contributed by atoms with Crippen molar-refractivity contribution in [1.29, 1.82) is 0 Å². The molecule has 1 unspecified atom stereocenters. The van der Waals surface area contributed by atoms with Crippen molar-refractivity contribution >= 4 is 17.8 Å². The first kappa shape index (κ1) is 20.7. The number of nitrogens with zero attached hydrogens (tertiary/aromatic N) is 3. The third-order valence-electron chi connectivity index (χ3n) is 6.44. The smallest absolute Gasteiger partial charge is 0.315 e. The monoisotopic (exact) mass is 419 g/mol. The van der Waals surface area contributed by atoms with Gasteiger partial charge in [0.05, 0.1) is 12.2 Å². The Labute approximate surface area is 177 Å². The van der Waals surface area contributed by atoms with E-state index in [1.165, 1.54) is 25.7 Å². The molecule has 2 amide bonds. The summed E-state index contributed by atoms with van der Waals surface area (Å²) in [5, 5.41) is 10.8. The van der Waals surface area contributed by atoms with Crippen molar-refractivity contribution in [2.45, 2.75) is 75.7 Å². The van der Waals surface area contributed by atoms with E-state index in [0.717, 1.165) is 61.5 Å². The molecule has 3 heterocycles. The van der Waals surface area contributed by atoms with Crippen molar-refractivity contribution in [3.05, 3.63) is 27.7 Å². The van der Waals surface area contributed by atoms with Crippen LogP contribution in [0.1, 0.15) is 56.2 Å². The fourth-order valence-corrected chi connectivity index (χ4v) is 5.69. The Morgan fingerprint density at radius 2 is 2.00 bits per heavy atom. The van der Waals surface area contributed by atoms with Crippen molar-refractivity contribution in [2.24, 2.45) is 0 Å². The van der Waals surface area contributed by atoms with Gasteiger partial charge >= 0.3 is 6.03 Å². The van der Waals surface area contributed by atoms with Crippen LogP contribution >= 0.6 is 11.8 Å². The van der Waals surface area contributed by atoms with Crippen molar-refractivity contribution in [1.82, 2.24) is 25.3 Å². The second-order valence-electron chi connectivity index (χ2n) is 8.50. The zero-order valence-corrected chi connectivity index (χ0v) is 18.0. The van der Waals surface area contributed by atoms with E-state index in [1.807, 2.05) is 11.8 Å². The van der Waals surface area contributed by atoms with Gasteiger partial charge in [-0.2, -0.15) is 16.9 Å². The molecule has 2 aliphatic heterocycles. The number of carbonyl (C=O) groups excluding carboxylic acids is 1. The Morgan fingerprint density at radius 3 is 2.86 bits per heavy atom. The summed E-state index contributed by atoms with van der Waals surface area (Å²) in [6.07, 6.45) is 9.05. The molecule has 0 radical (unpaired) electrons. The summed E-state index contributed by atoms with van der Waals surface area (Å²) in [6, 6.07) is 2.42. The number of fused-ring (bicyclic) bond motifs is 1. The molecule has 2 N–H and O–H groups in total. The average molecular weight is 420 g/mol. The van der Waals surface area contributed by atoms with Gasteiger partial charge in [-0.15, -0.1) is 0 Å². The molecule has 4 rings (SSSR count). The van der Waals surface area contributed by atoms with Gasteiger partial charge in [0.2, 0.25) is 0 Å². The number of thioether (sulfide) groups is 1. The summed E-state index contributed by atoms with van der Waals surface area (Å²) in [5.41, 5.74) is 2.20. The van der Waals surface area contributed by atoms with Gasteiger partial charge in [-0.25, -0.2) is 9.48 Å². The highest BCUT2D eigenvalue weighted by molar-refractivity contribution is 7.98. The zero-order valence-electron chi connectivity index (χ0n) is 17.2. The number of piperidine rings is 1. The summed E-state index contributed by atoms with van der Waals surface area (Å²) in [6.45, 7) is 3.11. The lowest BCUT2D eigenvalue weighted by Gasteiger charge is -2.36. The first-order valence-corrected chi connectivity index (χ1v) is 12.3. The van der Waals surface area contributed by atoms with E-state index in [2.05, 4.69) is 20.6 Å². The number of nitrogens with one attached hydrogen (secondary N) is 2. The SMILES string of the molecule is O=C(NCC1CCCCN1CCn1nc2c(cc1=O)CSCC2)NC1CCCC1. The Balaban J connectivity index is 1.30. The Bertz CT molecular complexity index is 762. The zero-order chi connectivity index (χ0) is 20.1. The fraction of sp³-hybridized carbons (Fsp3) is 0.762. The number of likely N-dealkylation sites (tertiary alicyclic amines) is 1. The second-order valence-corrected chi connectivity index (χ2v) is 9.61. The van der Waals surface area contributed by atoms with Crippen LogP contribution in [0.15, 0.2) is 10.9 Å². The van der Waals surface area contributed by atoms with Gasteiger partial charge in [0.15, 0.2) is 0 Å². The molecule has 7 nitrogen and oxygen atoms in total. The number of amides is 2. The molecule has 1 aromatic rings. The minimum absolute atomic E-state index is 0.00822. The van der Waals surface area contributed by atoms with Crippen LogP contribution in [-0.2, 0) is 18.7 Å². The number of aryl methyl sites for hydroxylation is 1. The van der Waals surface area contributed by atoms with E-state index < -0.39 is 0 Å². The molecule has 0 aromatic carbocycles. The number of urea groups is 1. The normalized spacial score (nSPS) is 23.0. The third kappa shape index (κ3) is 5.54. The van der Waals surface area contributed by atoms with Crippen LogP contribution in [0.2, 0.25) is 0 Å². The van der Waals surface area contributed by atoms with Crippen LogP contribution in [-0.4, -0.2) is 58.2 Å². The van der Waals surface area contributed by atoms with Gasteiger partial charge in [-0.3, -0.25) is 9.69 Å². The van der Waals surface area contributed by atoms with E-state index in [-0.39, 0.29) is 11.6 Å². The van der Waals surface area contributed by atoms with Gasteiger partial charge in [0.1, 0.15) is 0 Å².